The average molecular weight is 257 g/mol. The molecule has 6 nitrogen and oxygen atoms in total. The molecule has 18 heavy (non-hydrogen) atoms. The van der Waals surface area contributed by atoms with Gasteiger partial charge in [0.25, 0.3) is 5.91 Å². The van der Waals surface area contributed by atoms with E-state index in [2.05, 4.69) is 10.3 Å². The standard InChI is InChI=1S/C11H16FN3O3/c1-13-10-9(6-8(12)7-14-10)11(18)15(2-4-16)3-5-17/h6-7,16-17H,2-5H2,1H3,(H,13,14). The fourth-order valence-corrected chi connectivity index (χ4v) is 1.53. The molecule has 0 atom stereocenters. The van der Waals surface area contributed by atoms with Gasteiger partial charge in [0, 0.05) is 20.1 Å². The van der Waals surface area contributed by atoms with Gasteiger partial charge in [-0.15, -0.1) is 0 Å². The molecule has 0 fully saturated rings. The first-order valence-corrected chi connectivity index (χ1v) is 5.48. The van der Waals surface area contributed by atoms with E-state index in [9.17, 15) is 9.18 Å². The lowest BCUT2D eigenvalue weighted by Crippen LogP contribution is -2.36. The van der Waals surface area contributed by atoms with E-state index in [0.717, 1.165) is 12.3 Å². The van der Waals surface area contributed by atoms with Gasteiger partial charge in [0.1, 0.15) is 11.6 Å². The van der Waals surface area contributed by atoms with Crippen LogP contribution in [0.3, 0.4) is 0 Å². The number of rotatable bonds is 6. The molecule has 0 saturated heterocycles. The number of aromatic nitrogens is 1. The second kappa shape index (κ2) is 6.87. The second-order valence-corrected chi connectivity index (χ2v) is 3.54. The highest BCUT2D eigenvalue weighted by Crippen LogP contribution is 2.15. The van der Waals surface area contributed by atoms with Gasteiger partial charge in [-0.1, -0.05) is 0 Å². The molecular weight excluding hydrogens is 241 g/mol. The number of nitrogens with zero attached hydrogens (tertiary/aromatic N) is 2. The van der Waals surface area contributed by atoms with Crippen molar-refractivity contribution in [2.45, 2.75) is 0 Å². The molecule has 0 bridgehead atoms. The molecule has 0 aromatic carbocycles. The molecule has 1 aromatic heterocycles. The Morgan fingerprint density at radius 2 is 2.06 bits per heavy atom. The lowest BCUT2D eigenvalue weighted by molar-refractivity contribution is 0.0685. The number of nitrogens with one attached hydrogen (secondary N) is 1. The van der Waals surface area contributed by atoms with Crippen LogP contribution in [0.2, 0.25) is 0 Å². The van der Waals surface area contributed by atoms with Crippen LogP contribution in [0.5, 0.6) is 0 Å². The fraction of sp³-hybridized carbons (Fsp3) is 0.455. The minimum absolute atomic E-state index is 0.0685. The van der Waals surface area contributed by atoms with Crippen molar-refractivity contribution >= 4 is 11.7 Å². The third-order valence-electron chi connectivity index (χ3n) is 2.35. The molecule has 0 unspecified atom stereocenters. The molecule has 0 aliphatic carbocycles. The van der Waals surface area contributed by atoms with Crippen molar-refractivity contribution in [3.05, 3.63) is 23.6 Å². The Labute approximate surface area is 104 Å². The topological polar surface area (TPSA) is 85.7 Å². The van der Waals surface area contributed by atoms with E-state index in [-0.39, 0.29) is 37.7 Å². The van der Waals surface area contributed by atoms with Crippen LogP contribution < -0.4 is 5.32 Å². The summed E-state index contributed by atoms with van der Waals surface area (Å²) < 4.78 is 13.1. The van der Waals surface area contributed by atoms with Crippen molar-refractivity contribution in [2.24, 2.45) is 0 Å². The Bertz CT molecular complexity index is 409. The maximum absolute atomic E-state index is 13.1. The molecule has 1 heterocycles. The lowest BCUT2D eigenvalue weighted by atomic mass is 10.2. The molecule has 7 heteroatoms. The van der Waals surface area contributed by atoms with E-state index in [1.807, 2.05) is 0 Å². The number of hydrogen-bond acceptors (Lipinski definition) is 5. The first-order chi connectivity index (χ1) is 8.63. The Morgan fingerprint density at radius 3 is 2.56 bits per heavy atom. The van der Waals surface area contributed by atoms with Gasteiger partial charge in [0.05, 0.1) is 25.0 Å². The van der Waals surface area contributed by atoms with E-state index >= 15 is 0 Å². The molecule has 3 N–H and O–H groups in total. The smallest absolute Gasteiger partial charge is 0.257 e. The zero-order chi connectivity index (χ0) is 13.5. The molecular formula is C11H16FN3O3. The summed E-state index contributed by atoms with van der Waals surface area (Å²) in [4.78, 5) is 17.1. The molecule has 0 saturated carbocycles. The van der Waals surface area contributed by atoms with Crippen molar-refractivity contribution in [2.75, 3.05) is 38.7 Å². The number of aliphatic hydroxyl groups excluding tert-OH is 2. The van der Waals surface area contributed by atoms with Crippen molar-refractivity contribution in [1.82, 2.24) is 9.88 Å². The number of aliphatic hydroxyl groups is 2. The number of carbonyl (C=O) groups is 1. The normalized spacial score (nSPS) is 10.2. The predicted molar refractivity (Wildman–Crippen MR) is 63.8 cm³/mol. The first kappa shape index (κ1) is 14.3. The van der Waals surface area contributed by atoms with Gasteiger partial charge in [-0.05, 0) is 6.07 Å². The molecule has 0 aliphatic heterocycles. The number of hydrogen-bond donors (Lipinski definition) is 3. The molecule has 0 radical (unpaired) electrons. The Hall–Kier alpha value is -1.73. The van der Waals surface area contributed by atoms with Gasteiger partial charge in [-0.3, -0.25) is 4.79 Å². The van der Waals surface area contributed by atoms with E-state index in [4.69, 9.17) is 10.2 Å². The highest BCUT2D eigenvalue weighted by atomic mass is 19.1. The summed E-state index contributed by atoms with van der Waals surface area (Å²) in [6, 6.07) is 1.07. The quantitative estimate of drug-likeness (QED) is 0.651. The Balaban J connectivity index is 3.02. The van der Waals surface area contributed by atoms with Crippen LogP contribution in [-0.4, -0.2) is 59.4 Å². The number of pyridine rings is 1. The molecule has 0 aliphatic rings. The van der Waals surface area contributed by atoms with Crippen molar-refractivity contribution in [3.63, 3.8) is 0 Å². The van der Waals surface area contributed by atoms with Crippen LogP contribution in [0.4, 0.5) is 10.2 Å². The lowest BCUT2D eigenvalue weighted by Gasteiger charge is -2.21. The summed E-state index contributed by atoms with van der Waals surface area (Å²) in [7, 11) is 1.57. The van der Waals surface area contributed by atoms with Crippen LogP contribution in [0, 0.1) is 5.82 Å². The summed E-state index contributed by atoms with van der Waals surface area (Å²) in [5.41, 5.74) is 0.0689. The number of halogens is 1. The minimum atomic E-state index is -0.620. The number of anilines is 1. The third kappa shape index (κ3) is 3.38. The SMILES string of the molecule is CNc1ncc(F)cc1C(=O)N(CCO)CCO. The number of amides is 1. The van der Waals surface area contributed by atoms with Crippen molar-refractivity contribution in [3.8, 4) is 0 Å². The summed E-state index contributed by atoms with van der Waals surface area (Å²) in [5.74, 6) is -0.859. The van der Waals surface area contributed by atoms with Crippen LogP contribution in [0.25, 0.3) is 0 Å². The monoisotopic (exact) mass is 257 g/mol. The average Bonchev–Trinajstić information content (AvgIpc) is 2.37. The van der Waals surface area contributed by atoms with Gasteiger partial charge in [0.2, 0.25) is 0 Å². The zero-order valence-electron chi connectivity index (χ0n) is 10.1. The van der Waals surface area contributed by atoms with Crippen molar-refractivity contribution in [1.29, 1.82) is 0 Å². The maximum Gasteiger partial charge on any atom is 0.257 e. The van der Waals surface area contributed by atoms with Crippen molar-refractivity contribution < 1.29 is 19.4 Å². The second-order valence-electron chi connectivity index (χ2n) is 3.54. The highest BCUT2D eigenvalue weighted by Gasteiger charge is 2.19. The minimum Gasteiger partial charge on any atom is -0.395 e. The Morgan fingerprint density at radius 1 is 1.44 bits per heavy atom. The van der Waals surface area contributed by atoms with E-state index in [0.29, 0.717) is 0 Å². The molecule has 0 spiro atoms. The summed E-state index contributed by atoms with van der Waals surface area (Å²) >= 11 is 0. The predicted octanol–water partition coefficient (Wildman–Crippen LogP) is -0.311. The zero-order valence-corrected chi connectivity index (χ0v) is 10.1. The summed E-state index contributed by atoms with van der Waals surface area (Å²) in [5, 5.41) is 20.4. The summed E-state index contributed by atoms with van der Waals surface area (Å²) in [6.45, 7) is -0.329. The Kier molecular flexibility index (Phi) is 5.47. The maximum atomic E-state index is 13.1. The first-order valence-electron chi connectivity index (χ1n) is 5.48. The fourth-order valence-electron chi connectivity index (χ4n) is 1.53. The van der Waals surface area contributed by atoms with Crippen LogP contribution in [0.15, 0.2) is 12.3 Å². The van der Waals surface area contributed by atoms with Gasteiger partial charge >= 0.3 is 0 Å². The molecule has 1 amide bonds. The van der Waals surface area contributed by atoms with E-state index in [1.165, 1.54) is 4.90 Å². The molecule has 1 aromatic rings. The van der Waals surface area contributed by atoms with Crippen LogP contribution >= 0.6 is 0 Å². The van der Waals surface area contributed by atoms with Crippen LogP contribution in [-0.2, 0) is 0 Å². The molecule has 1 rings (SSSR count). The van der Waals surface area contributed by atoms with Gasteiger partial charge in [0.15, 0.2) is 0 Å². The highest BCUT2D eigenvalue weighted by molar-refractivity contribution is 5.98. The van der Waals surface area contributed by atoms with Gasteiger partial charge in [-0.2, -0.15) is 0 Å². The number of carbonyl (C=O) groups excluding carboxylic acids is 1. The van der Waals surface area contributed by atoms with E-state index < -0.39 is 11.7 Å². The van der Waals surface area contributed by atoms with E-state index in [1.54, 1.807) is 7.05 Å². The molecule has 100 valence electrons. The summed E-state index contributed by atoms with van der Waals surface area (Å²) in [6.07, 6.45) is 1.00. The van der Waals surface area contributed by atoms with Gasteiger partial charge < -0.3 is 20.4 Å². The third-order valence-corrected chi connectivity index (χ3v) is 2.35. The van der Waals surface area contributed by atoms with Crippen LogP contribution in [0.1, 0.15) is 10.4 Å². The largest absolute Gasteiger partial charge is 0.395 e. The van der Waals surface area contributed by atoms with Gasteiger partial charge in [-0.25, -0.2) is 9.37 Å².